The number of benzene rings is 2. The summed E-state index contributed by atoms with van der Waals surface area (Å²) < 4.78 is 26.7. The van der Waals surface area contributed by atoms with Gasteiger partial charge in [-0.15, -0.1) is 0 Å². The second-order valence-electron chi connectivity index (χ2n) is 9.49. The summed E-state index contributed by atoms with van der Waals surface area (Å²) in [7, 11) is 1.05. The van der Waals surface area contributed by atoms with Crippen molar-refractivity contribution < 1.29 is 13.2 Å². The van der Waals surface area contributed by atoms with Gasteiger partial charge in [0.15, 0.2) is 5.82 Å². The molecule has 0 spiro atoms. The zero-order valence-electron chi connectivity index (χ0n) is 20.8. The monoisotopic (exact) mass is 528 g/mol. The van der Waals surface area contributed by atoms with Crippen LogP contribution in [0.3, 0.4) is 0 Å². The van der Waals surface area contributed by atoms with E-state index in [1.807, 2.05) is 18.2 Å². The summed E-state index contributed by atoms with van der Waals surface area (Å²) in [5.74, 6) is 0.637. The van der Waals surface area contributed by atoms with E-state index in [0.29, 0.717) is 12.1 Å². The molecule has 2 aromatic carbocycles. The van der Waals surface area contributed by atoms with Crippen molar-refractivity contribution in [1.29, 1.82) is 0 Å². The number of anilines is 5. The summed E-state index contributed by atoms with van der Waals surface area (Å²) in [5.41, 5.74) is 2.84. The van der Waals surface area contributed by atoms with Gasteiger partial charge in [0.1, 0.15) is 9.92 Å². The number of amides is 1. The summed E-state index contributed by atoms with van der Waals surface area (Å²) in [4.78, 5) is 23.0. The molecular formula is C25H29ClN6O3S. The average molecular weight is 529 g/mol. The Labute approximate surface area is 216 Å². The van der Waals surface area contributed by atoms with Gasteiger partial charge in [0, 0.05) is 38.9 Å². The molecule has 1 amide bonds. The fourth-order valence-electron chi connectivity index (χ4n) is 4.07. The number of fused-ring (bicyclic) bond motifs is 1. The van der Waals surface area contributed by atoms with Crippen molar-refractivity contribution >= 4 is 56.4 Å². The molecule has 0 bridgehead atoms. The average Bonchev–Trinajstić information content (AvgIpc) is 2.91. The van der Waals surface area contributed by atoms with Gasteiger partial charge in [-0.2, -0.15) is 4.98 Å². The van der Waals surface area contributed by atoms with Crippen LogP contribution in [0.25, 0.3) is 0 Å². The van der Waals surface area contributed by atoms with Crippen LogP contribution in [-0.2, 0) is 20.2 Å². The molecule has 2 N–H and O–H groups in total. The van der Waals surface area contributed by atoms with Crippen molar-refractivity contribution in [2.24, 2.45) is 0 Å². The van der Waals surface area contributed by atoms with Gasteiger partial charge in [0.2, 0.25) is 21.9 Å². The Kier molecular flexibility index (Phi) is 6.96. The van der Waals surface area contributed by atoms with E-state index in [1.165, 1.54) is 26.4 Å². The van der Waals surface area contributed by atoms with E-state index in [-0.39, 0.29) is 33.0 Å². The standard InChI is InChI=1S/C25H29ClN6O3S/c1-25(2)13-12-22(33)32(5)20-11-10-16(14-17(20)25)28-24-27-15-18(26)23(30-24)29-19-8-6-7-9-21(19)36(34,35)31(3)4/h6-11,14-15H,12-13H2,1-5H3,(H2,27,28,29,30). The number of para-hydroxylation sites is 1. The lowest BCUT2D eigenvalue weighted by Gasteiger charge is -2.27. The van der Waals surface area contributed by atoms with Gasteiger partial charge in [-0.1, -0.05) is 37.6 Å². The third kappa shape index (κ3) is 5.02. The molecule has 1 aromatic heterocycles. The Morgan fingerprint density at radius 3 is 2.56 bits per heavy atom. The fourth-order valence-corrected chi connectivity index (χ4v) is 5.25. The highest BCUT2D eigenvalue weighted by Crippen LogP contribution is 2.40. The normalized spacial score (nSPS) is 15.4. The van der Waals surface area contributed by atoms with Crippen molar-refractivity contribution in [3.05, 3.63) is 59.2 Å². The fraction of sp³-hybridized carbons (Fsp3) is 0.320. The molecule has 2 heterocycles. The molecule has 0 fully saturated rings. The lowest BCUT2D eigenvalue weighted by molar-refractivity contribution is -0.118. The predicted octanol–water partition coefficient (Wildman–Crippen LogP) is 4.90. The molecule has 0 radical (unpaired) electrons. The summed E-state index contributed by atoms with van der Waals surface area (Å²) in [6.07, 6.45) is 2.68. The van der Waals surface area contributed by atoms with Crippen LogP contribution in [0.4, 0.5) is 28.8 Å². The van der Waals surface area contributed by atoms with E-state index in [0.717, 1.165) is 27.7 Å². The van der Waals surface area contributed by atoms with E-state index in [9.17, 15) is 13.2 Å². The molecule has 0 atom stereocenters. The minimum atomic E-state index is -3.69. The number of carbonyl (C=O) groups is 1. The third-order valence-corrected chi connectivity index (χ3v) is 8.47. The Balaban J connectivity index is 1.66. The molecule has 1 aliphatic heterocycles. The first-order chi connectivity index (χ1) is 16.9. The minimum Gasteiger partial charge on any atom is -0.338 e. The Morgan fingerprint density at radius 1 is 1.11 bits per heavy atom. The van der Waals surface area contributed by atoms with Crippen LogP contribution in [-0.4, -0.2) is 49.7 Å². The van der Waals surface area contributed by atoms with Gasteiger partial charge in [0.05, 0.1) is 11.9 Å². The molecule has 0 unspecified atom stereocenters. The van der Waals surface area contributed by atoms with Crippen LogP contribution in [0.15, 0.2) is 53.6 Å². The highest BCUT2D eigenvalue weighted by molar-refractivity contribution is 7.89. The van der Waals surface area contributed by atoms with Crippen LogP contribution in [0, 0.1) is 0 Å². The minimum absolute atomic E-state index is 0.0934. The highest BCUT2D eigenvalue weighted by atomic mass is 35.5. The summed E-state index contributed by atoms with van der Waals surface area (Å²) >= 11 is 6.35. The lowest BCUT2D eigenvalue weighted by Crippen LogP contribution is -2.25. The van der Waals surface area contributed by atoms with E-state index in [1.54, 1.807) is 30.1 Å². The number of aromatic nitrogens is 2. The first-order valence-corrected chi connectivity index (χ1v) is 13.2. The maximum absolute atomic E-state index is 12.8. The van der Waals surface area contributed by atoms with Crippen LogP contribution in [0.1, 0.15) is 32.3 Å². The van der Waals surface area contributed by atoms with Gasteiger partial charge in [-0.25, -0.2) is 17.7 Å². The number of sulfonamides is 1. The van der Waals surface area contributed by atoms with Crippen LogP contribution in [0.5, 0.6) is 0 Å². The summed E-state index contributed by atoms with van der Waals surface area (Å²) in [6, 6.07) is 12.3. The van der Waals surface area contributed by atoms with E-state index >= 15 is 0 Å². The van der Waals surface area contributed by atoms with Crippen LogP contribution < -0.4 is 15.5 Å². The van der Waals surface area contributed by atoms with Gasteiger partial charge >= 0.3 is 0 Å². The smallest absolute Gasteiger partial charge is 0.244 e. The zero-order chi connectivity index (χ0) is 26.3. The number of hydrogen-bond acceptors (Lipinski definition) is 7. The molecule has 0 saturated carbocycles. The zero-order valence-corrected chi connectivity index (χ0v) is 22.4. The lowest BCUT2D eigenvalue weighted by atomic mass is 9.80. The summed E-state index contributed by atoms with van der Waals surface area (Å²) in [6.45, 7) is 4.25. The molecular weight excluding hydrogens is 500 g/mol. The van der Waals surface area contributed by atoms with Crippen molar-refractivity contribution in [1.82, 2.24) is 14.3 Å². The van der Waals surface area contributed by atoms with Crippen molar-refractivity contribution in [2.75, 3.05) is 36.7 Å². The predicted molar refractivity (Wildman–Crippen MR) is 143 cm³/mol. The van der Waals surface area contributed by atoms with Gasteiger partial charge in [-0.05, 0) is 47.7 Å². The van der Waals surface area contributed by atoms with Crippen LogP contribution >= 0.6 is 11.6 Å². The molecule has 4 rings (SSSR count). The molecule has 0 aliphatic carbocycles. The Hall–Kier alpha value is -3.21. The molecule has 1 aliphatic rings. The second-order valence-corrected chi connectivity index (χ2v) is 12.0. The molecule has 0 saturated heterocycles. The van der Waals surface area contributed by atoms with Crippen molar-refractivity contribution in [2.45, 2.75) is 37.0 Å². The first-order valence-electron chi connectivity index (χ1n) is 11.4. The van der Waals surface area contributed by atoms with Crippen LogP contribution in [0.2, 0.25) is 5.02 Å². The summed E-state index contributed by atoms with van der Waals surface area (Å²) in [5, 5.41) is 6.48. The quantitative estimate of drug-likeness (QED) is 0.468. The molecule has 3 aromatic rings. The largest absolute Gasteiger partial charge is 0.338 e. The number of nitrogens with one attached hydrogen (secondary N) is 2. The Bertz CT molecular complexity index is 1430. The first kappa shape index (κ1) is 25.9. The molecule has 190 valence electrons. The van der Waals surface area contributed by atoms with E-state index in [2.05, 4.69) is 34.4 Å². The van der Waals surface area contributed by atoms with Crippen molar-refractivity contribution in [3.8, 4) is 0 Å². The highest BCUT2D eigenvalue weighted by Gasteiger charge is 2.31. The number of halogens is 1. The maximum atomic E-state index is 12.8. The van der Waals surface area contributed by atoms with Gasteiger partial charge in [0.25, 0.3) is 0 Å². The number of nitrogens with zero attached hydrogens (tertiary/aromatic N) is 4. The molecule has 36 heavy (non-hydrogen) atoms. The van der Waals surface area contributed by atoms with Crippen molar-refractivity contribution in [3.63, 3.8) is 0 Å². The topological polar surface area (TPSA) is 108 Å². The second kappa shape index (κ2) is 9.68. The number of rotatable bonds is 6. The van der Waals surface area contributed by atoms with Gasteiger partial charge in [-0.3, -0.25) is 4.79 Å². The molecule has 11 heteroatoms. The number of carbonyl (C=O) groups excluding carboxylic acids is 1. The molecule has 9 nitrogen and oxygen atoms in total. The third-order valence-electron chi connectivity index (χ3n) is 6.32. The van der Waals surface area contributed by atoms with E-state index < -0.39 is 10.0 Å². The SMILES string of the molecule is CN1C(=O)CCC(C)(C)c2cc(Nc3ncc(Cl)c(Nc4ccccc4S(=O)(=O)N(C)C)n3)ccc21. The number of hydrogen-bond donors (Lipinski definition) is 2. The van der Waals surface area contributed by atoms with Gasteiger partial charge < -0.3 is 15.5 Å². The van der Waals surface area contributed by atoms with E-state index in [4.69, 9.17) is 11.6 Å². The maximum Gasteiger partial charge on any atom is 0.244 e. The Morgan fingerprint density at radius 2 is 1.83 bits per heavy atom.